The number of rotatable bonds is 6. The van der Waals surface area contributed by atoms with Crippen molar-refractivity contribution in [2.75, 3.05) is 38.0 Å². The molecule has 33 heavy (non-hydrogen) atoms. The van der Waals surface area contributed by atoms with Crippen LogP contribution in [0.1, 0.15) is 18.4 Å². The van der Waals surface area contributed by atoms with Crippen molar-refractivity contribution in [3.8, 4) is 0 Å². The number of piperidine rings is 1. The highest BCUT2D eigenvalue weighted by Gasteiger charge is 2.34. The van der Waals surface area contributed by atoms with Gasteiger partial charge in [0.1, 0.15) is 0 Å². The number of hydrogen-bond acceptors (Lipinski definition) is 6. The van der Waals surface area contributed by atoms with E-state index in [1.165, 1.54) is 16.4 Å². The van der Waals surface area contributed by atoms with E-state index in [0.717, 1.165) is 24.9 Å². The highest BCUT2D eigenvalue weighted by molar-refractivity contribution is 7.89. The lowest BCUT2D eigenvalue weighted by Gasteiger charge is -2.42. The number of aromatic nitrogens is 1. The molecule has 2 unspecified atom stereocenters. The summed E-state index contributed by atoms with van der Waals surface area (Å²) in [6, 6.07) is 9.53. The molecule has 2 saturated heterocycles. The van der Waals surface area contributed by atoms with Crippen LogP contribution >= 0.6 is 11.6 Å². The molecule has 2 atom stereocenters. The molecule has 0 radical (unpaired) electrons. The molecule has 1 aromatic carbocycles. The Balaban J connectivity index is 1.30. The minimum atomic E-state index is -3.60. The fourth-order valence-corrected chi connectivity index (χ4v) is 5.96. The molecule has 2 amide bonds. The number of alkyl halides is 1. The molecular formula is C22H29ClN6O3S. The molecule has 0 spiro atoms. The topological polar surface area (TPSA) is 107 Å². The van der Waals surface area contributed by atoms with Crippen molar-refractivity contribution in [1.82, 2.24) is 24.8 Å². The third kappa shape index (κ3) is 6.01. The number of urea groups is 1. The second kappa shape index (κ2) is 10.8. The van der Waals surface area contributed by atoms with Gasteiger partial charge in [-0.3, -0.25) is 9.88 Å². The summed E-state index contributed by atoms with van der Waals surface area (Å²) < 4.78 is 27.7. The van der Waals surface area contributed by atoms with E-state index in [-0.39, 0.29) is 22.5 Å². The number of halogens is 1. The molecular weight excluding hydrogens is 464 g/mol. The van der Waals surface area contributed by atoms with Gasteiger partial charge in [0.05, 0.1) is 16.4 Å². The van der Waals surface area contributed by atoms with Crippen LogP contribution in [0.4, 0.5) is 10.5 Å². The van der Waals surface area contributed by atoms with E-state index in [9.17, 15) is 13.2 Å². The van der Waals surface area contributed by atoms with Crippen LogP contribution < -0.4 is 16.0 Å². The van der Waals surface area contributed by atoms with Crippen molar-refractivity contribution in [3.05, 3.63) is 54.4 Å². The van der Waals surface area contributed by atoms with Crippen molar-refractivity contribution in [2.45, 2.75) is 35.8 Å². The number of amides is 2. The van der Waals surface area contributed by atoms with Gasteiger partial charge in [0, 0.05) is 50.8 Å². The molecule has 9 nitrogen and oxygen atoms in total. The molecule has 1 aromatic heterocycles. The van der Waals surface area contributed by atoms with Gasteiger partial charge in [0.25, 0.3) is 0 Å². The summed E-state index contributed by atoms with van der Waals surface area (Å²) in [5, 5.41) is 8.95. The average molecular weight is 493 g/mol. The maximum absolute atomic E-state index is 13.1. The van der Waals surface area contributed by atoms with E-state index < -0.39 is 10.0 Å². The Hall–Kier alpha value is -2.24. The first kappa shape index (κ1) is 23.9. The van der Waals surface area contributed by atoms with E-state index >= 15 is 0 Å². The smallest absolute Gasteiger partial charge is 0.319 e. The maximum Gasteiger partial charge on any atom is 0.319 e. The zero-order valence-corrected chi connectivity index (χ0v) is 19.9. The number of anilines is 1. The number of hydrogen-bond donors (Lipinski definition) is 3. The minimum absolute atomic E-state index is 0.0449. The standard InChI is InChI=1S/C22H29ClN6O3S/c23-20-4-2-10-25-21(20)28-11-13-29(14-12-28)33(31,32)19-7-5-18(6-8-19)27-22(30)26-16-17-3-1-9-24-15-17/h1,3,5-9,15,20-21,25H,2,4,10-14,16H2,(H2,26,27,30). The quantitative estimate of drug-likeness (QED) is 0.533. The summed E-state index contributed by atoms with van der Waals surface area (Å²) in [5.41, 5.74) is 1.40. The number of piperazine rings is 1. The molecule has 0 aliphatic carbocycles. The van der Waals surface area contributed by atoms with Gasteiger partial charge in [-0.15, -0.1) is 11.6 Å². The lowest BCUT2D eigenvalue weighted by molar-refractivity contribution is 0.0998. The Morgan fingerprint density at radius 3 is 2.58 bits per heavy atom. The molecule has 11 heteroatoms. The van der Waals surface area contributed by atoms with Crippen molar-refractivity contribution >= 4 is 33.3 Å². The Bertz CT molecular complexity index is 1030. The van der Waals surface area contributed by atoms with Crippen molar-refractivity contribution in [3.63, 3.8) is 0 Å². The second-order valence-electron chi connectivity index (χ2n) is 8.19. The summed E-state index contributed by atoms with van der Waals surface area (Å²) in [6.07, 6.45) is 5.48. The molecule has 3 heterocycles. The number of sulfonamides is 1. The molecule has 4 rings (SSSR count). The van der Waals surface area contributed by atoms with Crippen LogP contribution in [0.15, 0.2) is 53.7 Å². The summed E-state index contributed by atoms with van der Waals surface area (Å²) >= 11 is 6.47. The van der Waals surface area contributed by atoms with Gasteiger partial charge in [-0.25, -0.2) is 13.2 Å². The fraction of sp³-hybridized carbons (Fsp3) is 0.455. The highest BCUT2D eigenvalue weighted by atomic mass is 35.5. The van der Waals surface area contributed by atoms with Crippen LogP contribution in [-0.4, -0.2) is 72.9 Å². The normalized spacial score (nSPS) is 22.6. The predicted octanol–water partition coefficient (Wildman–Crippen LogP) is 2.03. The monoisotopic (exact) mass is 492 g/mol. The predicted molar refractivity (Wildman–Crippen MR) is 128 cm³/mol. The SMILES string of the molecule is O=C(NCc1cccnc1)Nc1ccc(S(=O)(=O)N2CCN(C3NCCCC3Cl)CC2)cc1. The summed E-state index contributed by atoms with van der Waals surface area (Å²) in [7, 11) is -3.60. The van der Waals surface area contributed by atoms with Gasteiger partial charge >= 0.3 is 6.03 Å². The van der Waals surface area contributed by atoms with Gasteiger partial charge in [-0.1, -0.05) is 6.07 Å². The van der Waals surface area contributed by atoms with E-state index in [4.69, 9.17) is 11.6 Å². The lowest BCUT2D eigenvalue weighted by Crippen LogP contribution is -2.60. The largest absolute Gasteiger partial charge is 0.334 e. The lowest BCUT2D eigenvalue weighted by atomic mass is 10.1. The third-order valence-corrected chi connectivity index (χ3v) is 8.31. The van der Waals surface area contributed by atoms with E-state index in [2.05, 4.69) is 25.8 Å². The molecule has 2 aliphatic rings. The van der Waals surface area contributed by atoms with Crippen LogP contribution in [0.5, 0.6) is 0 Å². The van der Waals surface area contributed by atoms with E-state index in [1.54, 1.807) is 30.6 Å². The molecule has 0 bridgehead atoms. The summed E-state index contributed by atoms with van der Waals surface area (Å²) in [5.74, 6) is 0. The Labute approximate surface area is 199 Å². The molecule has 3 N–H and O–H groups in total. The first-order valence-electron chi connectivity index (χ1n) is 11.1. The first-order chi connectivity index (χ1) is 15.9. The van der Waals surface area contributed by atoms with Crippen molar-refractivity contribution in [1.29, 1.82) is 0 Å². The number of carbonyl (C=O) groups excluding carboxylic acids is 1. The van der Waals surface area contributed by atoms with Gasteiger partial charge in [-0.05, 0) is 55.3 Å². The second-order valence-corrected chi connectivity index (χ2v) is 10.7. The van der Waals surface area contributed by atoms with Crippen molar-refractivity contribution in [2.24, 2.45) is 0 Å². The van der Waals surface area contributed by atoms with Gasteiger partial charge in [-0.2, -0.15) is 4.31 Å². The summed E-state index contributed by atoms with van der Waals surface area (Å²) in [4.78, 5) is 18.6. The van der Waals surface area contributed by atoms with Crippen LogP contribution in [0.2, 0.25) is 0 Å². The van der Waals surface area contributed by atoms with Gasteiger partial charge < -0.3 is 16.0 Å². The minimum Gasteiger partial charge on any atom is -0.334 e. The summed E-state index contributed by atoms with van der Waals surface area (Å²) in [6.45, 7) is 3.39. The molecule has 2 aliphatic heterocycles. The number of nitrogens with one attached hydrogen (secondary N) is 3. The van der Waals surface area contributed by atoms with Crippen LogP contribution in [-0.2, 0) is 16.6 Å². The zero-order chi connectivity index (χ0) is 23.3. The van der Waals surface area contributed by atoms with Crippen molar-refractivity contribution < 1.29 is 13.2 Å². The Morgan fingerprint density at radius 2 is 1.91 bits per heavy atom. The zero-order valence-electron chi connectivity index (χ0n) is 18.3. The maximum atomic E-state index is 13.1. The third-order valence-electron chi connectivity index (χ3n) is 5.95. The first-order valence-corrected chi connectivity index (χ1v) is 13.0. The fourth-order valence-electron chi connectivity index (χ4n) is 4.13. The average Bonchev–Trinajstić information content (AvgIpc) is 2.84. The van der Waals surface area contributed by atoms with Crippen LogP contribution in [0.25, 0.3) is 0 Å². The van der Waals surface area contributed by atoms with E-state index in [0.29, 0.717) is 38.4 Å². The molecule has 178 valence electrons. The molecule has 0 saturated carbocycles. The van der Waals surface area contributed by atoms with Crippen LogP contribution in [0.3, 0.4) is 0 Å². The molecule has 2 fully saturated rings. The number of benzene rings is 1. The number of nitrogens with zero attached hydrogens (tertiary/aromatic N) is 3. The highest BCUT2D eigenvalue weighted by Crippen LogP contribution is 2.23. The molecule has 2 aromatic rings. The Morgan fingerprint density at radius 1 is 1.15 bits per heavy atom. The Kier molecular flexibility index (Phi) is 7.82. The number of carbonyl (C=O) groups is 1. The number of pyridine rings is 1. The van der Waals surface area contributed by atoms with E-state index in [1.807, 2.05) is 6.07 Å². The van der Waals surface area contributed by atoms with Gasteiger partial charge in [0.15, 0.2) is 0 Å². The van der Waals surface area contributed by atoms with Crippen LogP contribution in [0, 0.1) is 0 Å². The van der Waals surface area contributed by atoms with Gasteiger partial charge in [0.2, 0.25) is 10.0 Å².